The van der Waals surface area contributed by atoms with E-state index in [1.165, 1.54) is 6.20 Å². The average Bonchev–Trinajstić information content (AvgIpc) is 3.31. The Balaban J connectivity index is 1.68. The number of nitrogens with one attached hydrogen (secondary N) is 4. The molecule has 0 bridgehead atoms. The number of aromatic amines is 1. The second-order valence-corrected chi connectivity index (χ2v) is 11.1. The summed E-state index contributed by atoms with van der Waals surface area (Å²) in [6, 6.07) is 5.35. The van der Waals surface area contributed by atoms with Crippen LogP contribution in [0.25, 0.3) is 0 Å². The Kier molecular flexibility index (Phi) is 8.67. The zero-order chi connectivity index (χ0) is 27.2. The van der Waals surface area contributed by atoms with Crippen molar-refractivity contribution in [2.24, 2.45) is 5.92 Å². The molecule has 0 aliphatic carbocycles. The molecule has 0 unspecified atom stereocenters. The number of alkyl carbamates (subject to hydrolysis) is 1. The molecule has 37 heavy (non-hydrogen) atoms. The van der Waals surface area contributed by atoms with Gasteiger partial charge < -0.3 is 30.0 Å². The third-order valence-electron chi connectivity index (χ3n) is 5.49. The maximum absolute atomic E-state index is 12.7. The zero-order valence-corrected chi connectivity index (χ0v) is 22.4. The summed E-state index contributed by atoms with van der Waals surface area (Å²) >= 11 is 0. The fourth-order valence-electron chi connectivity index (χ4n) is 3.90. The first kappa shape index (κ1) is 27.8. The van der Waals surface area contributed by atoms with Gasteiger partial charge in [0.15, 0.2) is 5.82 Å². The second kappa shape index (κ2) is 11.5. The summed E-state index contributed by atoms with van der Waals surface area (Å²) in [5.74, 6) is 0.110. The minimum absolute atomic E-state index is 0.184. The quantitative estimate of drug-likeness (QED) is 0.436. The van der Waals surface area contributed by atoms with Crippen LogP contribution in [0.1, 0.15) is 65.0 Å². The van der Waals surface area contributed by atoms with E-state index in [0.29, 0.717) is 23.8 Å². The van der Waals surface area contributed by atoms with Crippen LogP contribution in [0.5, 0.6) is 0 Å². The molecule has 1 fully saturated rings. The van der Waals surface area contributed by atoms with E-state index >= 15 is 0 Å². The molecule has 1 aromatic carbocycles. The highest BCUT2D eigenvalue weighted by Gasteiger charge is 2.24. The molecule has 4 N–H and O–H groups in total. The summed E-state index contributed by atoms with van der Waals surface area (Å²) in [6.45, 7) is 12.9. The Bertz CT molecular complexity index is 1080. The number of hydrogen-bond acceptors (Lipinski definition) is 7. The van der Waals surface area contributed by atoms with Crippen molar-refractivity contribution >= 4 is 35.2 Å². The van der Waals surface area contributed by atoms with Gasteiger partial charge in [0.2, 0.25) is 0 Å². The monoisotopic (exact) mass is 514 g/mol. The summed E-state index contributed by atoms with van der Waals surface area (Å²) in [6.07, 6.45) is 3.81. The van der Waals surface area contributed by atoms with Crippen molar-refractivity contribution in [1.29, 1.82) is 0 Å². The number of benzene rings is 1. The topological polar surface area (TPSA) is 138 Å². The predicted molar refractivity (Wildman–Crippen MR) is 142 cm³/mol. The number of carbonyl (C=O) groups is 3. The molecule has 3 rings (SSSR count). The van der Waals surface area contributed by atoms with Gasteiger partial charge in [-0.1, -0.05) is 0 Å². The zero-order valence-electron chi connectivity index (χ0n) is 22.4. The van der Waals surface area contributed by atoms with E-state index in [0.717, 1.165) is 31.6 Å². The number of H-pyrrole nitrogens is 1. The van der Waals surface area contributed by atoms with Gasteiger partial charge in [-0.3, -0.25) is 10.1 Å². The van der Waals surface area contributed by atoms with Crippen LogP contribution in [0.4, 0.5) is 26.7 Å². The number of anilines is 3. The molecular weight excluding hydrogens is 476 g/mol. The average molecular weight is 515 g/mol. The van der Waals surface area contributed by atoms with Crippen molar-refractivity contribution in [2.45, 2.75) is 65.6 Å². The van der Waals surface area contributed by atoms with Crippen molar-refractivity contribution in [1.82, 2.24) is 15.3 Å². The van der Waals surface area contributed by atoms with Gasteiger partial charge in [-0.2, -0.15) is 0 Å². The van der Waals surface area contributed by atoms with E-state index in [4.69, 9.17) is 9.47 Å². The molecule has 1 saturated heterocycles. The smallest absolute Gasteiger partial charge is 0.412 e. The molecule has 0 spiro atoms. The van der Waals surface area contributed by atoms with Crippen molar-refractivity contribution in [3.05, 3.63) is 36.4 Å². The number of nitrogens with zero attached hydrogens (tertiary/aromatic N) is 2. The molecule has 0 radical (unpaired) electrons. The third kappa shape index (κ3) is 9.00. The maximum atomic E-state index is 12.7. The van der Waals surface area contributed by atoms with Gasteiger partial charge in [0.05, 0.1) is 11.4 Å². The van der Waals surface area contributed by atoms with E-state index in [1.54, 1.807) is 39.1 Å². The van der Waals surface area contributed by atoms with Crippen LogP contribution in [0.3, 0.4) is 0 Å². The van der Waals surface area contributed by atoms with Crippen LogP contribution in [0.15, 0.2) is 30.6 Å². The molecule has 1 aliphatic heterocycles. The number of carbonyl (C=O) groups excluding carboxylic acids is 3. The summed E-state index contributed by atoms with van der Waals surface area (Å²) in [5.41, 5.74) is 0.690. The molecular formula is C26H38N6O5. The summed E-state index contributed by atoms with van der Waals surface area (Å²) in [7, 11) is 0. The second-order valence-electron chi connectivity index (χ2n) is 11.1. The predicted octanol–water partition coefficient (Wildman–Crippen LogP) is 4.75. The number of hydrogen-bond donors (Lipinski definition) is 4. The first-order valence-corrected chi connectivity index (χ1v) is 12.5. The van der Waals surface area contributed by atoms with Crippen molar-refractivity contribution in [3.8, 4) is 0 Å². The number of aromatic nitrogens is 2. The lowest BCUT2D eigenvalue weighted by Gasteiger charge is -2.35. The Morgan fingerprint density at radius 2 is 1.65 bits per heavy atom. The third-order valence-corrected chi connectivity index (χ3v) is 5.49. The molecule has 3 amide bonds. The van der Waals surface area contributed by atoms with E-state index in [1.807, 2.05) is 26.8 Å². The minimum Gasteiger partial charge on any atom is -0.444 e. The lowest BCUT2D eigenvalue weighted by molar-refractivity contribution is 0.0515. The van der Waals surface area contributed by atoms with Gasteiger partial charge in [-0.05, 0) is 78.5 Å². The van der Waals surface area contributed by atoms with E-state index in [9.17, 15) is 14.4 Å². The van der Waals surface area contributed by atoms with Gasteiger partial charge >= 0.3 is 12.2 Å². The minimum atomic E-state index is -0.636. The molecule has 1 aliphatic rings. The van der Waals surface area contributed by atoms with Crippen LogP contribution < -0.4 is 20.9 Å². The SMILES string of the molecule is CC(C)(C)OC(=O)NCC1CCN(c2ccc(NC(=O)OC(C)(C)C)cc2NC(=O)c2ncc[nH]2)CC1. The molecule has 202 valence electrons. The highest BCUT2D eigenvalue weighted by Crippen LogP contribution is 2.33. The van der Waals surface area contributed by atoms with Crippen LogP contribution in [0, 0.1) is 5.92 Å². The van der Waals surface area contributed by atoms with Gasteiger partial charge in [-0.25, -0.2) is 14.6 Å². The lowest BCUT2D eigenvalue weighted by Crippen LogP contribution is -2.40. The number of imidazole rings is 1. The number of amides is 3. The molecule has 1 aromatic heterocycles. The van der Waals surface area contributed by atoms with Crippen LogP contribution >= 0.6 is 0 Å². The molecule has 11 heteroatoms. The molecule has 0 atom stereocenters. The van der Waals surface area contributed by atoms with Crippen LogP contribution in [0.2, 0.25) is 0 Å². The first-order chi connectivity index (χ1) is 17.3. The maximum Gasteiger partial charge on any atom is 0.412 e. The Morgan fingerprint density at radius 3 is 2.24 bits per heavy atom. The molecule has 11 nitrogen and oxygen atoms in total. The fraction of sp³-hybridized carbons (Fsp3) is 0.538. The highest BCUT2D eigenvalue weighted by molar-refractivity contribution is 6.04. The summed E-state index contributed by atoms with van der Waals surface area (Å²) < 4.78 is 10.7. The molecule has 2 heterocycles. The molecule has 0 saturated carbocycles. The Labute approximate surface area is 217 Å². The van der Waals surface area contributed by atoms with Gasteiger partial charge in [-0.15, -0.1) is 0 Å². The largest absolute Gasteiger partial charge is 0.444 e. The number of ether oxygens (including phenoxy) is 2. The Morgan fingerprint density at radius 1 is 1.00 bits per heavy atom. The van der Waals surface area contributed by atoms with Crippen LogP contribution in [-0.2, 0) is 9.47 Å². The summed E-state index contributed by atoms with van der Waals surface area (Å²) in [5, 5.41) is 8.49. The lowest BCUT2D eigenvalue weighted by atomic mass is 9.96. The van der Waals surface area contributed by atoms with Gasteiger partial charge in [0.25, 0.3) is 5.91 Å². The van der Waals surface area contributed by atoms with Crippen molar-refractivity contribution < 1.29 is 23.9 Å². The van der Waals surface area contributed by atoms with Gasteiger partial charge in [0, 0.05) is 37.7 Å². The van der Waals surface area contributed by atoms with Gasteiger partial charge in [0.1, 0.15) is 11.2 Å². The number of piperidine rings is 1. The van der Waals surface area contributed by atoms with Crippen molar-refractivity contribution in [2.75, 3.05) is 35.2 Å². The van der Waals surface area contributed by atoms with Crippen molar-refractivity contribution in [3.63, 3.8) is 0 Å². The van der Waals surface area contributed by atoms with E-state index < -0.39 is 29.3 Å². The van der Waals surface area contributed by atoms with E-state index in [2.05, 4.69) is 30.8 Å². The molecule has 2 aromatic rings. The number of rotatable bonds is 6. The Hall–Kier alpha value is -3.76. The highest BCUT2D eigenvalue weighted by atomic mass is 16.6. The summed E-state index contributed by atoms with van der Waals surface area (Å²) in [4.78, 5) is 46.0. The van der Waals surface area contributed by atoms with E-state index in [-0.39, 0.29) is 5.82 Å². The standard InChI is InChI=1S/C26H38N6O5/c1-25(2,3)36-23(34)29-16-17-9-13-32(14-10-17)20-8-7-18(30-24(35)37-26(4,5)6)15-19(20)31-22(33)21-27-11-12-28-21/h7-8,11-12,15,17H,9-10,13-14,16H2,1-6H3,(H,27,28)(H,29,34)(H,30,35)(H,31,33). The first-order valence-electron chi connectivity index (χ1n) is 12.5. The normalized spacial score (nSPS) is 14.6. The fourth-order valence-corrected chi connectivity index (χ4v) is 3.90. The van der Waals surface area contributed by atoms with Crippen LogP contribution in [-0.4, -0.2) is 58.9 Å².